The van der Waals surface area contributed by atoms with Gasteiger partial charge in [-0.1, -0.05) is 12.1 Å². The van der Waals surface area contributed by atoms with Crippen LogP contribution in [0.3, 0.4) is 0 Å². The maximum Gasteiger partial charge on any atom is 0.305 e. The molecular formula is C14H17NO4. The lowest BCUT2D eigenvalue weighted by Gasteiger charge is -2.24. The number of hydrogen-bond acceptors (Lipinski definition) is 3. The molecule has 5 nitrogen and oxygen atoms in total. The number of hydrogen-bond donors (Lipinski definition) is 1. The van der Waals surface area contributed by atoms with Gasteiger partial charge in [-0.2, -0.15) is 0 Å². The SMILES string of the molecule is COc1ccccc1N(CCC(=O)O)C(=O)C1CC1. The minimum atomic E-state index is -0.913. The van der Waals surface area contributed by atoms with E-state index < -0.39 is 5.97 Å². The van der Waals surface area contributed by atoms with E-state index in [9.17, 15) is 9.59 Å². The van der Waals surface area contributed by atoms with Crippen LogP contribution in [-0.2, 0) is 9.59 Å². The Hall–Kier alpha value is -2.04. The van der Waals surface area contributed by atoms with E-state index in [4.69, 9.17) is 9.84 Å². The predicted molar refractivity (Wildman–Crippen MR) is 70.3 cm³/mol. The van der Waals surface area contributed by atoms with Gasteiger partial charge < -0.3 is 14.7 Å². The molecule has 1 saturated carbocycles. The maximum absolute atomic E-state index is 12.3. The quantitative estimate of drug-likeness (QED) is 0.851. The lowest BCUT2D eigenvalue weighted by atomic mass is 10.2. The van der Waals surface area contributed by atoms with Crippen molar-refractivity contribution in [3.63, 3.8) is 0 Å². The lowest BCUT2D eigenvalue weighted by molar-refractivity contribution is -0.136. The smallest absolute Gasteiger partial charge is 0.305 e. The van der Waals surface area contributed by atoms with Gasteiger partial charge in [-0.3, -0.25) is 9.59 Å². The molecule has 0 saturated heterocycles. The number of aliphatic carboxylic acids is 1. The van der Waals surface area contributed by atoms with Crippen molar-refractivity contribution in [2.75, 3.05) is 18.6 Å². The summed E-state index contributed by atoms with van der Waals surface area (Å²) >= 11 is 0. The fraction of sp³-hybridized carbons (Fsp3) is 0.429. The molecule has 1 N–H and O–H groups in total. The molecule has 1 aromatic carbocycles. The number of carbonyl (C=O) groups excluding carboxylic acids is 1. The number of benzene rings is 1. The Morgan fingerprint density at radius 3 is 2.63 bits per heavy atom. The van der Waals surface area contributed by atoms with E-state index in [-0.39, 0.29) is 24.8 Å². The zero-order valence-electron chi connectivity index (χ0n) is 10.8. The highest BCUT2D eigenvalue weighted by atomic mass is 16.5. The van der Waals surface area contributed by atoms with Crippen molar-refractivity contribution in [1.29, 1.82) is 0 Å². The number of carboxylic acid groups (broad SMARTS) is 1. The summed E-state index contributed by atoms with van der Waals surface area (Å²) in [6, 6.07) is 7.18. The maximum atomic E-state index is 12.3. The number of anilines is 1. The molecule has 0 atom stereocenters. The van der Waals surface area contributed by atoms with Crippen LogP contribution in [0.15, 0.2) is 24.3 Å². The van der Waals surface area contributed by atoms with Crippen LogP contribution < -0.4 is 9.64 Å². The third-order valence-corrected chi connectivity index (χ3v) is 3.12. The van der Waals surface area contributed by atoms with Gasteiger partial charge in [0.15, 0.2) is 0 Å². The molecule has 1 aliphatic carbocycles. The summed E-state index contributed by atoms with van der Waals surface area (Å²) < 4.78 is 5.24. The third kappa shape index (κ3) is 3.24. The van der Waals surface area contributed by atoms with Crippen molar-refractivity contribution in [3.05, 3.63) is 24.3 Å². The van der Waals surface area contributed by atoms with Crippen molar-refractivity contribution in [2.24, 2.45) is 5.92 Å². The van der Waals surface area contributed by atoms with Gasteiger partial charge in [0.1, 0.15) is 5.75 Å². The van der Waals surface area contributed by atoms with Crippen molar-refractivity contribution in [3.8, 4) is 5.75 Å². The topological polar surface area (TPSA) is 66.8 Å². The first-order valence-corrected chi connectivity index (χ1v) is 6.29. The fourth-order valence-electron chi connectivity index (χ4n) is 1.96. The molecule has 1 aromatic rings. The highest BCUT2D eigenvalue weighted by molar-refractivity contribution is 5.98. The van der Waals surface area contributed by atoms with Crippen LogP contribution in [0.4, 0.5) is 5.69 Å². The van der Waals surface area contributed by atoms with E-state index in [1.807, 2.05) is 12.1 Å². The second-order valence-corrected chi connectivity index (χ2v) is 4.58. The van der Waals surface area contributed by atoms with Crippen LogP contribution in [0.1, 0.15) is 19.3 Å². The normalized spacial score (nSPS) is 13.9. The van der Waals surface area contributed by atoms with Crippen LogP contribution in [0.5, 0.6) is 5.75 Å². The Balaban J connectivity index is 2.24. The molecule has 2 rings (SSSR count). The molecule has 102 valence electrons. The Morgan fingerprint density at radius 1 is 1.37 bits per heavy atom. The summed E-state index contributed by atoms with van der Waals surface area (Å²) in [5.74, 6) is -0.296. The van der Waals surface area contributed by atoms with Crippen LogP contribution in [0.25, 0.3) is 0 Å². The van der Waals surface area contributed by atoms with Gasteiger partial charge in [-0.25, -0.2) is 0 Å². The highest BCUT2D eigenvalue weighted by Crippen LogP contribution is 2.35. The first-order chi connectivity index (χ1) is 9.13. The van der Waals surface area contributed by atoms with E-state index in [1.165, 1.54) is 12.0 Å². The zero-order chi connectivity index (χ0) is 13.8. The number of amides is 1. The van der Waals surface area contributed by atoms with E-state index in [2.05, 4.69) is 0 Å². The molecule has 0 aliphatic heterocycles. The zero-order valence-corrected chi connectivity index (χ0v) is 10.8. The van der Waals surface area contributed by atoms with Crippen LogP contribution in [0.2, 0.25) is 0 Å². The average molecular weight is 263 g/mol. The summed E-state index contributed by atoms with van der Waals surface area (Å²) in [6.45, 7) is 0.172. The van der Waals surface area contributed by atoms with Gasteiger partial charge in [0, 0.05) is 12.5 Å². The molecule has 1 amide bonds. The first-order valence-electron chi connectivity index (χ1n) is 6.29. The lowest BCUT2D eigenvalue weighted by Crippen LogP contribution is -2.34. The molecule has 19 heavy (non-hydrogen) atoms. The number of ether oxygens (including phenoxy) is 1. The number of para-hydroxylation sites is 2. The van der Waals surface area contributed by atoms with Gasteiger partial charge in [0.2, 0.25) is 5.91 Å². The van der Waals surface area contributed by atoms with Crippen molar-refractivity contribution >= 4 is 17.6 Å². The summed E-state index contributed by atoms with van der Waals surface area (Å²) in [6.07, 6.45) is 1.70. The molecule has 5 heteroatoms. The molecule has 0 radical (unpaired) electrons. The number of nitrogens with zero attached hydrogens (tertiary/aromatic N) is 1. The Morgan fingerprint density at radius 2 is 2.05 bits per heavy atom. The molecule has 0 heterocycles. The Labute approximate surface area is 111 Å². The number of rotatable bonds is 6. The van der Waals surface area contributed by atoms with E-state index in [1.54, 1.807) is 12.1 Å². The second-order valence-electron chi connectivity index (χ2n) is 4.58. The molecule has 0 aromatic heterocycles. The van der Waals surface area contributed by atoms with Crippen molar-refractivity contribution in [1.82, 2.24) is 0 Å². The summed E-state index contributed by atoms with van der Waals surface area (Å²) in [5.41, 5.74) is 0.642. The number of methoxy groups -OCH3 is 1. The molecule has 0 bridgehead atoms. The third-order valence-electron chi connectivity index (χ3n) is 3.12. The summed E-state index contributed by atoms with van der Waals surface area (Å²) in [4.78, 5) is 24.5. The number of carboxylic acids is 1. The molecule has 0 spiro atoms. The van der Waals surface area contributed by atoms with E-state index in [0.29, 0.717) is 11.4 Å². The van der Waals surface area contributed by atoms with Crippen LogP contribution in [0, 0.1) is 5.92 Å². The average Bonchev–Trinajstić information content (AvgIpc) is 3.23. The minimum Gasteiger partial charge on any atom is -0.495 e. The van der Waals surface area contributed by atoms with Crippen LogP contribution in [-0.4, -0.2) is 30.6 Å². The van der Waals surface area contributed by atoms with Gasteiger partial charge in [-0.15, -0.1) is 0 Å². The van der Waals surface area contributed by atoms with Crippen molar-refractivity contribution in [2.45, 2.75) is 19.3 Å². The van der Waals surface area contributed by atoms with E-state index >= 15 is 0 Å². The largest absolute Gasteiger partial charge is 0.495 e. The predicted octanol–water partition coefficient (Wildman–Crippen LogP) is 1.91. The fourth-order valence-corrected chi connectivity index (χ4v) is 1.96. The highest BCUT2D eigenvalue weighted by Gasteiger charge is 2.34. The summed E-state index contributed by atoms with van der Waals surface area (Å²) in [5, 5.41) is 8.80. The van der Waals surface area contributed by atoms with Gasteiger partial charge in [-0.05, 0) is 25.0 Å². The molecular weight excluding hydrogens is 246 g/mol. The summed E-state index contributed by atoms with van der Waals surface area (Å²) in [7, 11) is 1.54. The molecule has 1 fully saturated rings. The van der Waals surface area contributed by atoms with Gasteiger partial charge in [0.05, 0.1) is 19.2 Å². The molecule has 0 unspecified atom stereocenters. The minimum absolute atomic E-state index is 0.00856. The van der Waals surface area contributed by atoms with Gasteiger partial charge in [0.25, 0.3) is 0 Å². The second kappa shape index (κ2) is 5.73. The monoisotopic (exact) mass is 263 g/mol. The van der Waals surface area contributed by atoms with Crippen molar-refractivity contribution < 1.29 is 19.4 Å². The number of carbonyl (C=O) groups is 2. The Bertz CT molecular complexity index is 482. The van der Waals surface area contributed by atoms with E-state index in [0.717, 1.165) is 12.8 Å². The van der Waals surface area contributed by atoms with Crippen LogP contribution >= 0.6 is 0 Å². The first kappa shape index (κ1) is 13.4. The van der Waals surface area contributed by atoms with Gasteiger partial charge >= 0.3 is 5.97 Å². The molecule has 1 aliphatic rings. The Kier molecular flexibility index (Phi) is 4.04. The standard InChI is InChI=1S/C14H17NO4/c1-19-12-5-3-2-4-11(12)15(9-8-13(16)17)14(18)10-6-7-10/h2-5,10H,6-9H2,1H3,(H,16,17).